The van der Waals surface area contributed by atoms with Crippen LogP contribution in [0.5, 0.6) is 0 Å². The van der Waals surface area contributed by atoms with Crippen molar-refractivity contribution >= 4 is 110 Å². The van der Waals surface area contributed by atoms with Crippen LogP contribution in [-0.4, -0.2) is 8.80 Å². The molecule has 4 heteroatoms. The SMILES string of the molecule is [2H]c1c([2H])c([2H])c(N(c2ccccc2)c2ccc3c4cc5c(cc4n4c6c(C(C)(C)C)cccc6c2c34)c2ccc(N(c3ccccc3)c3c([2H])c([2H])c([2H])c([2H])c3[2H])c3c4cccc(C(C)(C)C)c4n5c23)c([2H])c1[2H]. The molecule has 0 amide bonds. The van der Waals surface area contributed by atoms with E-state index in [1.165, 1.54) is 0 Å². The van der Waals surface area contributed by atoms with Gasteiger partial charge in [0.25, 0.3) is 0 Å². The maximum absolute atomic E-state index is 9.30. The number of benzene rings is 9. The lowest BCUT2D eigenvalue weighted by molar-refractivity contribution is 0.594. The van der Waals surface area contributed by atoms with Gasteiger partial charge in [0.2, 0.25) is 0 Å². The minimum atomic E-state index is -0.456. The summed E-state index contributed by atoms with van der Waals surface area (Å²) in [5.74, 6) is 0. The van der Waals surface area contributed by atoms with E-state index in [4.69, 9.17) is 8.22 Å². The molecule has 4 aromatic heterocycles. The zero-order valence-corrected chi connectivity index (χ0v) is 37.5. The molecule has 0 aliphatic rings. The Kier molecular flexibility index (Phi) is 6.21. The lowest BCUT2D eigenvalue weighted by Crippen LogP contribution is -2.12. The summed E-state index contributed by atoms with van der Waals surface area (Å²) in [5.41, 5.74) is 10.2. The molecule has 0 aliphatic heterocycles. The van der Waals surface area contributed by atoms with Gasteiger partial charge in [0.05, 0.1) is 58.2 Å². The molecule has 13 aromatic rings. The van der Waals surface area contributed by atoms with E-state index >= 15 is 0 Å². The average molecular weight is 861 g/mol. The summed E-state index contributed by atoms with van der Waals surface area (Å²) < 4.78 is 94.2. The second-order valence-electron chi connectivity index (χ2n) is 19.5. The number of hydrogen-bond donors (Lipinski definition) is 0. The lowest BCUT2D eigenvalue weighted by Gasteiger charge is -2.26. The maximum atomic E-state index is 9.30. The second kappa shape index (κ2) is 13.8. The molecule has 318 valence electrons. The Bertz CT molecular complexity index is 4260. The van der Waals surface area contributed by atoms with Crippen LogP contribution < -0.4 is 9.80 Å². The van der Waals surface area contributed by atoms with Crippen molar-refractivity contribution < 1.29 is 13.7 Å². The Morgan fingerprint density at radius 3 is 1.14 bits per heavy atom. The van der Waals surface area contributed by atoms with Gasteiger partial charge in [-0.15, -0.1) is 0 Å². The quantitative estimate of drug-likeness (QED) is 0.165. The number of anilines is 6. The van der Waals surface area contributed by atoms with Gasteiger partial charge in [0.15, 0.2) is 0 Å². The van der Waals surface area contributed by atoms with Crippen molar-refractivity contribution in [2.75, 3.05) is 9.80 Å². The van der Waals surface area contributed by atoms with Gasteiger partial charge in [-0.2, -0.15) is 0 Å². The predicted octanol–water partition coefficient (Wildman–Crippen LogP) is 17.5. The molecule has 13 rings (SSSR count). The van der Waals surface area contributed by atoms with E-state index in [0.29, 0.717) is 22.7 Å². The highest BCUT2D eigenvalue weighted by molar-refractivity contribution is 6.32. The zero-order chi connectivity index (χ0) is 53.3. The summed E-state index contributed by atoms with van der Waals surface area (Å²) in [6.45, 7) is 13.3. The molecule has 0 aliphatic carbocycles. The van der Waals surface area contributed by atoms with Crippen LogP contribution >= 0.6 is 0 Å². The number of rotatable bonds is 6. The van der Waals surface area contributed by atoms with E-state index in [9.17, 15) is 5.48 Å². The van der Waals surface area contributed by atoms with Crippen LogP contribution in [0.3, 0.4) is 0 Å². The van der Waals surface area contributed by atoms with Crippen LogP contribution in [0.2, 0.25) is 0 Å². The topological polar surface area (TPSA) is 15.3 Å². The van der Waals surface area contributed by atoms with Gasteiger partial charge in [0.1, 0.15) is 0 Å². The second-order valence-corrected chi connectivity index (χ2v) is 19.5. The van der Waals surface area contributed by atoms with E-state index in [2.05, 4.69) is 111 Å². The molecule has 0 fully saturated rings. The molecule has 0 radical (unpaired) electrons. The van der Waals surface area contributed by atoms with Crippen LogP contribution in [-0.2, 0) is 10.8 Å². The van der Waals surface area contributed by atoms with E-state index in [0.717, 1.165) is 87.3 Å². The fourth-order valence-electron chi connectivity index (χ4n) is 10.9. The summed E-state index contributed by atoms with van der Waals surface area (Å²) in [6, 6.07) is 40.8. The van der Waals surface area contributed by atoms with E-state index in [1.807, 2.05) is 82.6 Å². The largest absolute Gasteiger partial charge is 0.310 e. The van der Waals surface area contributed by atoms with E-state index < -0.39 is 36.3 Å². The highest BCUT2D eigenvalue weighted by Gasteiger charge is 2.31. The summed E-state index contributed by atoms with van der Waals surface area (Å²) >= 11 is 0. The van der Waals surface area contributed by atoms with Crippen molar-refractivity contribution in [1.82, 2.24) is 8.80 Å². The minimum Gasteiger partial charge on any atom is -0.310 e. The third-order valence-corrected chi connectivity index (χ3v) is 13.5. The number of nitrogens with zero attached hydrogens (tertiary/aromatic N) is 4. The number of hydrogen-bond acceptors (Lipinski definition) is 2. The Morgan fingerprint density at radius 1 is 0.364 bits per heavy atom. The molecule has 0 bridgehead atoms. The fourth-order valence-corrected chi connectivity index (χ4v) is 10.9. The monoisotopic (exact) mass is 860 g/mol. The van der Waals surface area contributed by atoms with Crippen LogP contribution in [0.25, 0.3) is 76.2 Å². The zero-order valence-electron chi connectivity index (χ0n) is 47.5. The number of fused-ring (bicyclic) bond motifs is 12. The van der Waals surface area contributed by atoms with Gasteiger partial charge < -0.3 is 18.6 Å². The molecular formula is C62H50N4. The first-order valence-corrected chi connectivity index (χ1v) is 22.5. The summed E-state index contributed by atoms with van der Waals surface area (Å²) in [5, 5.41) is 7.67. The molecule has 0 saturated carbocycles. The summed E-state index contributed by atoms with van der Waals surface area (Å²) in [4.78, 5) is 3.65. The van der Waals surface area contributed by atoms with E-state index in [-0.39, 0.29) is 46.4 Å². The smallest absolute Gasteiger partial charge is 0.0645 e. The van der Waals surface area contributed by atoms with Crippen LogP contribution in [0.4, 0.5) is 34.1 Å². The maximum Gasteiger partial charge on any atom is 0.0645 e. The average Bonchev–Trinajstić information content (AvgIpc) is 4.30. The molecule has 0 N–H and O–H groups in total. The Hall–Kier alpha value is -7.82. The van der Waals surface area contributed by atoms with Gasteiger partial charge in [0, 0.05) is 65.8 Å². The van der Waals surface area contributed by atoms with Crippen LogP contribution in [0.15, 0.2) is 194 Å². The first-order valence-electron chi connectivity index (χ1n) is 27.5. The lowest BCUT2D eigenvalue weighted by atomic mass is 9.85. The van der Waals surface area contributed by atoms with Crippen LogP contribution in [0, 0.1) is 0 Å². The van der Waals surface area contributed by atoms with Crippen molar-refractivity contribution in [3.63, 3.8) is 0 Å². The molecule has 4 heterocycles. The van der Waals surface area contributed by atoms with Crippen molar-refractivity contribution in [2.24, 2.45) is 0 Å². The Morgan fingerprint density at radius 2 is 0.758 bits per heavy atom. The molecule has 4 nitrogen and oxygen atoms in total. The standard InChI is InChI=1S/C62H50N4/c1-61(2,3)49-31-19-29-45-55-51(63(39-21-11-7-12-22-39)40-23-13-8-14-24-40)35-33-43-47-38-54-48(37-53(47)65(57(45)49)59(43)55)44-34-36-52(64(41-25-15-9-16-26-41)42-27-17-10-18-28-42)56-46-30-20-32-50(62(4,5)6)58(46)66(54)60(44)56/h7-38H,1-6H3/i7D,9D,11D,12D,15D,16D,21D,22D,25D,26D. The van der Waals surface area contributed by atoms with Crippen molar-refractivity contribution in [2.45, 2.75) is 52.4 Å². The normalized spacial score (nSPS) is 14.8. The van der Waals surface area contributed by atoms with Gasteiger partial charge in [-0.05, 0) is 94.7 Å². The Balaban J connectivity index is 1.20. The van der Waals surface area contributed by atoms with Gasteiger partial charge in [-0.3, -0.25) is 0 Å². The third kappa shape index (κ3) is 5.39. The highest BCUT2D eigenvalue weighted by atomic mass is 15.2. The molecule has 0 spiro atoms. The number of aromatic nitrogens is 2. The number of para-hydroxylation sites is 6. The molecule has 0 saturated heterocycles. The molecule has 9 aromatic carbocycles. The van der Waals surface area contributed by atoms with Crippen LogP contribution in [0.1, 0.15) is 66.4 Å². The van der Waals surface area contributed by atoms with E-state index in [1.54, 1.807) is 0 Å². The first-order chi connectivity index (χ1) is 36.2. The third-order valence-electron chi connectivity index (χ3n) is 13.5. The first kappa shape index (κ1) is 29.6. The van der Waals surface area contributed by atoms with Crippen molar-refractivity contribution in [1.29, 1.82) is 0 Å². The predicted molar refractivity (Wildman–Crippen MR) is 283 cm³/mol. The van der Waals surface area contributed by atoms with Crippen molar-refractivity contribution in [3.8, 4) is 0 Å². The molecular weight excluding hydrogens is 801 g/mol. The molecule has 0 atom stereocenters. The Labute approximate surface area is 398 Å². The highest BCUT2D eigenvalue weighted by Crippen LogP contribution is 2.52. The van der Waals surface area contributed by atoms with Gasteiger partial charge >= 0.3 is 0 Å². The molecule has 66 heavy (non-hydrogen) atoms. The van der Waals surface area contributed by atoms with Gasteiger partial charge in [-0.25, -0.2) is 0 Å². The summed E-state index contributed by atoms with van der Waals surface area (Å²) in [7, 11) is 0. The van der Waals surface area contributed by atoms with Crippen molar-refractivity contribution in [3.05, 3.63) is 205 Å². The minimum absolute atomic E-state index is 0.0568. The summed E-state index contributed by atoms with van der Waals surface area (Å²) in [6.07, 6.45) is 0. The fraction of sp³-hybridized carbons (Fsp3) is 0.129. The van der Waals surface area contributed by atoms with Gasteiger partial charge in [-0.1, -0.05) is 163 Å². The molecule has 0 unspecified atom stereocenters.